The molecule has 2 N–H and O–H groups in total. The van der Waals surface area contributed by atoms with E-state index in [9.17, 15) is 0 Å². The summed E-state index contributed by atoms with van der Waals surface area (Å²) in [6.07, 6.45) is 0.793. The highest BCUT2D eigenvalue weighted by Crippen LogP contribution is 2.22. The molecule has 1 aromatic carbocycles. The van der Waals surface area contributed by atoms with E-state index in [0.29, 0.717) is 21.4 Å². The number of aromatic amines is 1. The molecule has 7 heteroatoms. The molecule has 0 radical (unpaired) electrons. The molecule has 0 aliphatic rings. The van der Waals surface area contributed by atoms with E-state index in [1.165, 1.54) is 0 Å². The zero-order valence-corrected chi connectivity index (χ0v) is 12.0. The maximum Gasteiger partial charge on any atom is 0.214 e. The summed E-state index contributed by atoms with van der Waals surface area (Å²) in [4.78, 5) is 0. The molecule has 0 aliphatic heterocycles. The van der Waals surface area contributed by atoms with Gasteiger partial charge in [-0.2, -0.15) is 5.10 Å². The van der Waals surface area contributed by atoms with Gasteiger partial charge < -0.3 is 5.43 Å². The molecule has 18 heavy (non-hydrogen) atoms. The van der Waals surface area contributed by atoms with Crippen molar-refractivity contribution in [3.8, 4) is 0 Å². The SMILES string of the molecule is CCc1n[nH]c(=S)n1NCc1ccc(Cl)c(Cl)c1. The van der Waals surface area contributed by atoms with Crippen molar-refractivity contribution in [1.29, 1.82) is 0 Å². The van der Waals surface area contributed by atoms with Gasteiger partial charge in [-0.3, -0.25) is 5.10 Å². The predicted octanol–water partition coefficient (Wildman–Crippen LogP) is 3.55. The number of nitrogens with one attached hydrogen (secondary N) is 2. The van der Waals surface area contributed by atoms with E-state index >= 15 is 0 Å². The molecule has 0 atom stereocenters. The number of H-pyrrole nitrogens is 1. The third kappa shape index (κ3) is 2.85. The van der Waals surface area contributed by atoms with Gasteiger partial charge in [0, 0.05) is 6.42 Å². The van der Waals surface area contributed by atoms with Crippen molar-refractivity contribution in [1.82, 2.24) is 14.9 Å². The number of halogens is 2. The second-order valence-electron chi connectivity index (χ2n) is 3.72. The van der Waals surface area contributed by atoms with Crippen molar-refractivity contribution < 1.29 is 0 Å². The number of aryl methyl sites for hydroxylation is 1. The fourth-order valence-electron chi connectivity index (χ4n) is 1.55. The zero-order chi connectivity index (χ0) is 13.1. The minimum Gasteiger partial charge on any atom is -0.318 e. The van der Waals surface area contributed by atoms with Crippen molar-refractivity contribution in [2.45, 2.75) is 19.9 Å². The maximum absolute atomic E-state index is 5.96. The molecular weight excluding hydrogens is 291 g/mol. The molecule has 4 nitrogen and oxygen atoms in total. The summed E-state index contributed by atoms with van der Waals surface area (Å²) in [5, 5.41) is 7.96. The lowest BCUT2D eigenvalue weighted by Gasteiger charge is -2.09. The van der Waals surface area contributed by atoms with E-state index in [4.69, 9.17) is 35.4 Å². The molecule has 2 aromatic rings. The first-order valence-electron chi connectivity index (χ1n) is 5.46. The van der Waals surface area contributed by atoms with Gasteiger partial charge in [-0.05, 0) is 29.9 Å². The summed E-state index contributed by atoms with van der Waals surface area (Å²) in [7, 11) is 0. The predicted molar refractivity (Wildman–Crippen MR) is 76.3 cm³/mol. The second kappa shape index (κ2) is 5.73. The number of hydrogen-bond donors (Lipinski definition) is 2. The Kier molecular flexibility index (Phi) is 4.27. The molecule has 0 aliphatic carbocycles. The topological polar surface area (TPSA) is 45.6 Å². The normalized spacial score (nSPS) is 10.6. The Bertz CT molecular complexity index is 605. The Morgan fingerprint density at radius 1 is 1.39 bits per heavy atom. The largest absolute Gasteiger partial charge is 0.318 e. The molecule has 2 rings (SSSR count). The van der Waals surface area contributed by atoms with E-state index < -0.39 is 0 Å². The zero-order valence-electron chi connectivity index (χ0n) is 9.70. The Hall–Kier alpha value is -1.04. The van der Waals surface area contributed by atoms with Crippen LogP contribution in [0.2, 0.25) is 10.0 Å². The molecule has 0 saturated heterocycles. The average molecular weight is 303 g/mol. The van der Waals surface area contributed by atoms with Crippen molar-refractivity contribution in [2.75, 3.05) is 5.43 Å². The Balaban J connectivity index is 2.13. The first kappa shape index (κ1) is 13.4. The summed E-state index contributed by atoms with van der Waals surface area (Å²) < 4.78 is 2.31. The van der Waals surface area contributed by atoms with E-state index in [-0.39, 0.29) is 0 Å². The van der Waals surface area contributed by atoms with Crippen LogP contribution in [-0.4, -0.2) is 14.9 Å². The van der Waals surface area contributed by atoms with Crippen molar-refractivity contribution in [2.24, 2.45) is 0 Å². The highest BCUT2D eigenvalue weighted by atomic mass is 35.5. The van der Waals surface area contributed by atoms with Crippen LogP contribution in [0, 0.1) is 4.77 Å². The lowest BCUT2D eigenvalue weighted by Crippen LogP contribution is -2.17. The fourth-order valence-corrected chi connectivity index (χ4v) is 2.09. The van der Waals surface area contributed by atoms with Crippen molar-refractivity contribution >= 4 is 35.4 Å². The highest BCUT2D eigenvalue weighted by Gasteiger charge is 2.04. The third-order valence-electron chi connectivity index (χ3n) is 2.48. The molecule has 1 aromatic heterocycles. The van der Waals surface area contributed by atoms with Gasteiger partial charge in [0.2, 0.25) is 4.77 Å². The molecule has 0 bridgehead atoms. The van der Waals surface area contributed by atoms with Crippen LogP contribution in [0.5, 0.6) is 0 Å². The molecule has 0 unspecified atom stereocenters. The quantitative estimate of drug-likeness (QED) is 0.849. The van der Waals surface area contributed by atoms with Gasteiger partial charge in [0.25, 0.3) is 0 Å². The summed E-state index contributed by atoms with van der Waals surface area (Å²) in [6.45, 7) is 2.61. The van der Waals surface area contributed by atoms with Crippen LogP contribution in [0.1, 0.15) is 18.3 Å². The highest BCUT2D eigenvalue weighted by molar-refractivity contribution is 7.71. The van der Waals surface area contributed by atoms with Gasteiger partial charge in [0.15, 0.2) is 5.82 Å². The minimum atomic E-state index is 0.544. The molecule has 1 heterocycles. The minimum absolute atomic E-state index is 0.544. The number of benzene rings is 1. The van der Waals surface area contributed by atoms with Crippen LogP contribution in [0.25, 0.3) is 0 Å². The monoisotopic (exact) mass is 302 g/mol. The number of nitrogens with zero attached hydrogens (tertiary/aromatic N) is 2. The summed E-state index contributed by atoms with van der Waals surface area (Å²) in [5.74, 6) is 0.861. The van der Waals surface area contributed by atoms with Gasteiger partial charge >= 0.3 is 0 Å². The number of hydrogen-bond acceptors (Lipinski definition) is 3. The van der Waals surface area contributed by atoms with Crippen LogP contribution in [-0.2, 0) is 13.0 Å². The standard InChI is InChI=1S/C11H12Cl2N4S/c1-2-10-15-16-11(18)17(10)14-6-7-3-4-8(12)9(13)5-7/h3-5,14H,2,6H2,1H3,(H,16,18). The Morgan fingerprint density at radius 3 is 2.83 bits per heavy atom. The summed E-state index contributed by atoms with van der Waals surface area (Å²) in [5.41, 5.74) is 4.22. The van der Waals surface area contributed by atoms with Gasteiger partial charge in [0.1, 0.15) is 0 Å². The molecule has 0 fully saturated rings. The third-order valence-corrected chi connectivity index (χ3v) is 3.50. The second-order valence-corrected chi connectivity index (χ2v) is 4.92. The Labute approximate surface area is 120 Å². The smallest absolute Gasteiger partial charge is 0.214 e. The molecule has 96 valence electrons. The van der Waals surface area contributed by atoms with Crippen LogP contribution >= 0.6 is 35.4 Å². The van der Waals surface area contributed by atoms with Gasteiger partial charge in [0.05, 0.1) is 16.6 Å². The van der Waals surface area contributed by atoms with E-state index in [1.807, 2.05) is 19.1 Å². The van der Waals surface area contributed by atoms with Crippen LogP contribution < -0.4 is 5.43 Å². The summed E-state index contributed by atoms with van der Waals surface area (Å²) >= 11 is 17.0. The van der Waals surface area contributed by atoms with Crippen molar-refractivity contribution in [3.05, 3.63) is 44.4 Å². The van der Waals surface area contributed by atoms with E-state index in [0.717, 1.165) is 17.8 Å². The van der Waals surface area contributed by atoms with Crippen LogP contribution in [0.15, 0.2) is 18.2 Å². The van der Waals surface area contributed by atoms with Gasteiger partial charge in [-0.15, -0.1) is 0 Å². The molecular formula is C11H12Cl2N4S. The van der Waals surface area contributed by atoms with Crippen LogP contribution in [0.4, 0.5) is 0 Å². The molecule has 0 spiro atoms. The van der Waals surface area contributed by atoms with Gasteiger partial charge in [-0.25, -0.2) is 4.68 Å². The fraction of sp³-hybridized carbons (Fsp3) is 0.273. The Morgan fingerprint density at radius 2 is 2.17 bits per heavy atom. The number of rotatable bonds is 4. The first-order chi connectivity index (χ1) is 8.61. The van der Waals surface area contributed by atoms with Crippen molar-refractivity contribution in [3.63, 3.8) is 0 Å². The van der Waals surface area contributed by atoms with E-state index in [2.05, 4.69) is 15.6 Å². The molecule has 0 amide bonds. The maximum atomic E-state index is 5.96. The van der Waals surface area contributed by atoms with Crippen LogP contribution in [0.3, 0.4) is 0 Å². The molecule has 0 saturated carbocycles. The summed E-state index contributed by atoms with van der Waals surface area (Å²) in [6, 6.07) is 5.51. The average Bonchev–Trinajstić information content (AvgIpc) is 2.71. The lowest BCUT2D eigenvalue weighted by atomic mass is 10.2. The van der Waals surface area contributed by atoms with E-state index in [1.54, 1.807) is 10.7 Å². The first-order valence-corrected chi connectivity index (χ1v) is 6.62. The van der Waals surface area contributed by atoms with Gasteiger partial charge in [-0.1, -0.05) is 36.2 Å². The number of aromatic nitrogens is 3. The lowest BCUT2D eigenvalue weighted by molar-refractivity contribution is 0.763.